The maximum atomic E-state index is 8.77. The molecular formula is C62H50N4OPt. The van der Waals surface area contributed by atoms with Crippen molar-refractivity contribution in [3.63, 3.8) is 0 Å². The SMILES string of the molecule is [2H]c1c([2H])c([2H])c(-c2ccc3c(c2)c2ccc(Oc4cccc(-n5[c](=[Pt])n(-c6c(-c7ccccc7)cc7c(c6-c6ccccc6)CCCC7)c6ccccc65)c4)cc2n3-c2cc(C(C)(C)C)ccn2)c([2H])c1[2H]. The Morgan fingerprint density at radius 1 is 0.559 bits per heavy atom. The van der Waals surface area contributed by atoms with Crippen LogP contribution in [0.5, 0.6) is 11.5 Å². The minimum Gasteiger partial charge on any atom is -0.0617 e. The first-order chi connectivity index (χ1) is 35.4. The number of imidazole rings is 1. The van der Waals surface area contributed by atoms with Gasteiger partial charge in [-0.2, -0.15) is 0 Å². The first-order valence-corrected chi connectivity index (χ1v) is 24.4. The first kappa shape index (κ1) is 36.7. The molecule has 68 heavy (non-hydrogen) atoms. The summed E-state index contributed by atoms with van der Waals surface area (Å²) < 4.78 is 57.3. The van der Waals surface area contributed by atoms with Crippen molar-refractivity contribution >= 4 is 32.8 Å². The Labute approximate surface area is 415 Å². The van der Waals surface area contributed by atoms with Gasteiger partial charge in [0.05, 0.1) is 6.85 Å². The third kappa shape index (κ3) is 7.37. The van der Waals surface area contributed by atoms with Crippen molar-refractivity contribution in [2.75, 3.05) is 0 Å². The van der Waals surface area contributed by atoms with Crippen LogP contribution in [0.15, 0.2) is 200 Å². The zero-order valence-electron chi connectivity index (χ0n) is 43.0. The number of aromatic nitrogens is 4. The van der Waals surface area contributed by atoms with Crippen LogP contribution < -0.4 is 4.74 Å². The Hall–Kier alpha value is -7.33. The fraction of sp³-hybridized carbons (Fsp3) is 0.129. The van der Waals surface area contributed by atoms with Gasteiger partial charge < -0.3 is 0 Å². The van der Waals surface area contributed by atoms with Crippen LogP contribution in [0, 0.1) is 3.80 Å². The molecule has 1 aliphatic carbocycles. The molecule has 0 N–H and O–H groups in total. The van der Waals surface area contributed by atoms with E-state index >= 15 is 0 Å². The maximum absolute atomic E-state index is 8.77. The van der Waals surface area contributed by atoms with Gasteiger partial charge >= 0.3 is 319 Å². The van der Waals surface area contributed by atoms with E-state index in [9.17, 15) is 0 Å². The van der Waals surface area contributed by atoms with Gasteiger partial charge in [-0.15, -0.1) is 0 Å². The second-order valence-corrected chi connectivity index (χ2v) is 19.6. The molecule has 3 aromatic heterocycles. The molecule has 8 aromatic carbocycles. The van der Waals surface area contributed by atoms with E-state index in [0.717, 1.165) is 73.0 Å². The van der Waals surface area contributed by atoms with Crippen LogP contribution >= 0.6 is 0 Å². The van der Waals surface area contributed by atoms with Crippen molar-refractivity contribution < 1.29 is 30.9 Å². The number of nitrogens with zero attached hydrogens (tertiary/aromatic N) is 4. The Morgan fingerprint density at radius 3 is 2.06 bits per heavy atom. The number of hydrogen-bond donors (Lipinski definition) is 0. The fourth-order valence-electron chi connectivity index (χ4n) is 10.1. The minimum absolute atomic E-state index is 0.138. The predicted octanol–water partition coefficient (Wildman–Crippen LogP) is 16.0. The first-order valence-electron chi connectivity index (χ1n) is 25.7. The average Bonchev–Trinajstić information content (AvgIpc) is 3.90. The van der Waals surface area contributed by atoms with Crippen LogP contribution in [0.3, 0.4) is 0 Å². The van der Waals surface area contributed by atoms with Crippen LogP contribution in [0.2, 0.25) is 0 Å². The van der Waals surface area contributed by atoms with Crippen molar-refractivity contribution in [1.29, 1.82) is 0 Å². The smallest absolute Gasteiger partial charge is 0.0617 e. The zero-order chi connectivity index (χ0) is 50.3. The quantitative estimate of drug-likeness (QED) is 0.152. The van der Waals surface area contributed by atoms with Gasteiger partial charge in [0.15, 0.2) is 0 Å². The molecule has 0 fully saturated rings. The molecule has 0 bridgehead atoms. The molecule has 12 rings (SSSR count). The Bertz CT molecular complexity index is 4050. The van der Waals surface area contributed by atoms with Crippen molar-refractivity contribution in [2.24, 2.45) is 0 Å². The summed E-state index contributed by atoms with van der Waals surface area (Å²) in [7, 11) is 0. The van der Waals surface area contributed by atoms with Crippen molar-refractivity contribution in [3.8, 4) is 62.1 Å². The third-order valence-electron chi connectivity index (χ3n) is 13.4. The van der Waals surface area contributed by atoms with Crippen LogP contribution in [-0.2, 0) is 37.6 Å². The normalized spacial score (nSPS) is 13.8. The van der Waals surface area contributed by atoms with Crippen LogP contribution in [0.25, 0.3) is 83.4 Å². The summed E-state index contributed by atoms with van der Waals surface area (Å²) >= 11 is 2.52. The zero-order valence-corrected chi connectivity index (χ0v) is 40.3. The van der Waals surface area contributed by atoms with Gasteiger partial charge in [-0.25, -0.2) is 0 Å². The summed E-state index contributed by atoms with van der Waals surface area (Å²) in [4.78, 5) is 4.91. The van der Waals surface area contributed by atoms with Gasteiger partial charge in [-0.3, -0.25) is 0 Å². The summed E-state index contributed by atoms with van der Waals surface area (Å²) in [5, 5.41) is 1.75. The standard InChI is InChI=1S/C62H50N4O.Pt/c1-62(2,3)47-34-35-63-59(38-47)66-55-33-30-45(42-18-7-4-8-19-42)36-54(55)52-32-31-50(40-58(52)66)67-49-26-17-25-48(39-49)64-41-65(57-29-16-15-28-56(57)64)61-53(43-20-9-5-10-21-43)37-46-24-13-14-27-51(46)60(61)44-22-11-6-12-23-44;/h4-12,15-23,25-26,28-40H,13-14,24,27H2,1-3H3;/i4D,7D,8D,18D,19D;. The second-order valence-electron chi connectivity index (χ2n) is 18.6. The summed E-state index contributed by atoms with van der Waals surface area (Å²) in [6.45, 7) is 6.54. The Kier molecular flexibility index (Phi) is 9.23. The van der Waals surface area contributed by atoms with Gasteiger partial charge in [-0.05, 0) is 28.2 Å². The van der Waals surface area contributed by atoms with Crippen molar-refractivity contribution in [3.05, 3.63) is 221 Å². The van der Waals surface area contributed by atoms with Gasteiger partial charge in [0.2, 0.25) is 0 Å². The molecule has 0 atom stereocenters. The van der Waals surface area contributed by atoms with Gasteiger partial charge in [0, 0.05) is 6.20 Å². The molecule has 0 saturated carbocycles. The molecule has 0 amide bonds. The molecule has 1 aliphatic rings. The Morgan fingerprint density at radius 2 is 1.28 bits per heavy atom. The summed E-state index contributed by atoms with van der Waals surface area (Å²) in [6, 6.07) is 55.4. The monoisotopic (exact) mass is 1070 g/mol. The average molecular weight is 1070 g/mol. The summed E-state index contributed by atoms with van der Waals surface area (Å²) in [5.41, 5.74) is 15.5. The molecule has 0 saturated heterocycles. The molecule has 0 spiro atoms. The van der Waals surface area contributed by atoms with E-state index in [4.69, 9.17) is 16.6 Å². The third-order valence-corrected chi connectivity index (χ3v) is 14.4. The number of hydrogen-bond acceptors (Lipinski definition) is 2. The van der Waals surface area contributed by atoms with E-state index in [1.807, 2.05) is 60.8 Å². The molecular weight excluding hydrogens is 1010 g/mol. The van der Waals surface area contributed by atoms with E-state index in [-0.39, 0.29) is 35.1 Å². The van der Waals surface area contributed by atoms with Crippen molar-refractivity contribution in [2.45, 2.75) is 51.9 Å². The van der Waals surface area contributed by atoms with Crippen LogP contribution in [0.4, 0.5) is 0 Å². The molecule has 3 heterocycles. The van der Waals surface area contributed by atoms with Crippen molar-refractivity contribution in [1.82, 2.24) is 18.7 Å². The molecule has 0 aliphatic heterocycles. The molecule has 0 radical (unpaired) electrons. The van der Waals surface area contributed by atoms with E-state index in [1.54, 1.807) is 0 Å². The fourth-order valence-corrected chi connectivity index (χ4v) is 11.2. The van der Waals surface area contributed by atoms with Gasteiger partial charge in [0.25, 0.3) is 0 Å². The molecule has 334 valence electrons. The molecule has 0 unspecified atom stereocenters. The minimum atomic E-state index is -0.417. The predicted molar refractivity (Wildman–Crippen MR) is 276 cm³/mol. The van der Waals surface area contributed by atoms with Crippen LogP contribution in [0.1, 0.15) is 57.2 Å². The topological polar surface area (TPSA) is 36.9 Å². The van der Waals surface area contributed by atoms with Gasteiger partial charge in [0.1, 0.15) is 0 Å². The van der Waals surface area contributed by atoms with E-state index in [0.29, 0.717) is 17.1 Å². The Balaban J connectivity index is 1.01. The number of aryl methyl sites for hydroxylation is 1. The number of ether oxygens (including phenoxy) is 1. The summed E-state index contributed by atoms with van der Waals surface area (Å²) in [5.74, 6) is 2.03. The van der Waals surface area contributed by atoms with E-state index in [1.165, 1.54) is 45.5 Å². The van der Waals surface area contributed by atoms with E-state index in [2.05, 4.69) is 163 Å². The number of fused-ring (bicyclic) bond motifs is 5. The number of para-hydroxylation sites is 2. The van der Waals surface area contributed by atoms with Crippen LogP contribution in [-0.4, -0.2) is 18.7 Å². The van der Waals surface area contributed by atoms with Gasteiger partial charge in [-0.1, -0.05) is 57.0 Å². The number of pyridine rings is 1. The number of rotatable bonds is 8. The van der Waals surface area contributed by atoms with E-state index < -0.39 is 6.04 Å². The number of benzene rings is 8. The molecule has 5 nitrogen and oxygen atoms in total. The second kappa shape index (κ2) is 17.1. The summed E-state index contributed by atoms with van der Waals surface area (Å²) in [6.07, 6.45) is 6.29. The molecule has 6 heteroatoms. The molecule has 11 aromatic rings.